The summed E-state index contributed by atoms with van der Waals surface area (Å²) in [5.41, 5.74) is 0. The van der Waals surface area contributed by atoms with E-state index in [1.807, 2.05) is 0 Å². The number of ether oxygens (including phenoxy) is 4. The minimum Gasteiger partial charge on any atom is -0.469 e. The van der Waals surface area contributed by atoms with Crippen molar-refractivity contribution in [3.63, 3.8) is 0 Å². The molecule has 6 heteroatoms. The quantitative estimate of drug-likeness (QED) is 0.484. The molecule has 0 N–H and O–H groups in total. The topological polar surface area (TPSA) is 71.1 Å². The number of fused-ring (bicyclic) bond motifs is 3. The van der Waals surface area contributed by atoms with Gasteiger partial charge in [-0.1, -0.05) is 0 Å². The Kier molecular flexibility index (Phi) is 7.75. The fourth-order valence-corrected chi connectivity index (χ4v) is 6.48. The van der Waals surface area contributed by atoms with Crippen molar-refractivity contribution in [3.05, 3.63) is 0 Å². The first-order chi connectivity index (χ1) is 13.6. The molecule has 7 atom stereocenters. The zero-order chi connectivity index (χ0) is 20.1. The molecule has 160 valence electrons. The van der Waals surface area contributed by atoms with Crippen LogP contribution in [0.1, 0.15) is 57.8 Å². The number of esters is 2. The predicted molar refractivity (Wildman–Crippen MR) is 103 cm³/mol. The number of hydrogen-bond acceptors (Lipinski definition) is 6. The Bertz CT molecular complexity index is 535. The molecule has 0 heterocycles. The van der Waals surface area contributed by atoms with E-state index in [-0.39, 0.29) is 23.8 Å². The van der Waals surface area contributed by atoms with E-state index in [0.29, 0.717) is 37.1 Å². The third kappa shape index (κ3) is 4.70. The van der Waals surface area contributed by atoms with E-state index in [1.165, 1.54) is 27.1 Å². The number of carbonyl (C=O) groups excluding carboxylic acids is 2. The summed E-state index contributed by atoms with van der Waals surface area (Å²) in [5.74, 6) is 2.48. The molecule has 3 aliphatic carbocycles. The average Bonchev–Trinajstić information content (AvgIpc) is 2.74. The number of methoxy groups -OCH3 is 3. The van der Waals surface area contributed by atoms with Gasteiger partial charge in [-0.05, 0) is 81.0 Å². The van der Waals surface area contributed by atoms with Gasteiger partial charge in [-0.25, -0.2) is 0 Å². The maximum Gasteiger partial charge on any atom is 0.308 e. The van der Waals surface area contributed by atoms with Gasteiger partial charge in [0.15, 0.2) is 0 Å². The summed E-state index contributed by atoms with van der Waals surface area (Å²) in [5, 5.41) is 0. The average molecular weight is 397 g/mol. The van der Waals surface area contributed by atoms with Crippen LogP contribution in [-0.2, 0) is 28.5 Å². The second kappa shape index (κ2) is 10.1. The number of carbonyl (C=O) groups is 2. The van der Waals surface area contributed by atoms with Gasteiger partial charge < -0.3 is 18.9 Å². The van der Waals surface area contributed by atoms with Crippen LogP contribution in [0.2, 0.25) is 0 Å². The van der Waals surface area contributed by atoms with E-state index in [1.54, 1.807) is 7.11 Å². The van der Waals surface area contributed by atoms with Crippen LogP contribution in [0.25, 0.3) is 0 Å². The van der Waals surface area contributed by atoms with Crippen molar-refractivity contribution in [2.75, 3.05) is 28.1 Å². The molecule has 0 spiro atoms. The Balaban J connectivity index is 1.68. The predicted octanol–water partition coefficient (Wildman–Crippen LogP) is 3.57. The van der Waals surface area contributed by atoms with E-state index < -0.39 is 0 Å². The zero-order valence-electron chi connectivity index (χ0n) is 17.6. The van der Waals surface area contributed by atoms with Crippen LogP contribution in [0.4, 0.5) is 0 Å². The minimum absolute atomic E-state index is 0.0752. The SMILES string of the molecule is COCO[C@H]1CC[C@H]2[C@H](CC[C@@H]3[C@@H]2CCC(C(=O)OC)[C@H]3CCC(=O)OC)C1. The summed E-state index contributed by atoms with van der Waals surface area (Å²) < 4.78 is 20.9. The third-order valence-corrected chi connectivity index (χ3v) is 7.68. The fraction of sp³-hybridized carbons (Fsp3) is 0.909. The van der Waals surface area contributed by atoms with Crippen LogP contribution in [0, 0.1) is 35.5 Å². The van der Waals surface area contributed by atoms with Crippen LogP contribution < -0.4 is 0 Å². The maximum atomic E-state index is 12.4. The molecule has 3 rings (SSSR count). The smallest absolute Gasteiger partial charge is 0.308 e. The van der Waals surface area contributed by atoms with Crippen molar-refractivity contribution in [2.24, 2.45) is 35.5 Å². The van der Waals surface area contributed by atoms with E-state index in [2.05, 4.69) is 0 Å². The molecule has 6 nitrogen and oxygen atoms in total. The highest BCUT2D eigenvalue weighted by Gasteiger charge is 2.50. The Morgan fingerprint density at radius 2 is 1.61 bits per heavy atom. The molecule has 0 aliphatic heterocycles. The molecule has 0 saturated heterocycles. The van der Waals surface area contributed by atoms with Gasteiger partial charge in [0, 0.05) is 13.5 Å². The molecule has 28 heavy (non-hydrogen) atoms. The second-order valence-electron chi connectivity index (χ2n) is 8.82. The van der Waals surface area contributed by atoms with E-state index >= 15 is 0 Å². The van der Waals surface area contributed by atoms with Gasteiger partial charge in [0.1, 0.15) is 6.79 Å². The minimum atomic E-state index is -0.185. The molecule has 3 fully saturated rings. The summed E-state index contributed by atoms with van der Waals surface area (Å²) >= 11 is 0. The molecule has 0 bridgehead atoms. The van der Waals surface area contributed by atoms with Crippen LogP contribution in [-0.4, -0.2) is 46.2 Å². The van der Waals surface area contributed by atoms with Gasteiger partial charge in [0.2, 0.25) is 0 Å². The Hall–Kier alpha value is -1.14. The molecule has 1 unspecified atom stereocenters. The lowest BCUT2D eigenvalue weighted by Gasteiger charge is -2.53. The lowest BCUT2D eigenvalue weighted by Crippen LogP contribution is -2.48. The summed E-state index contributed by atoms with van der Waals surface area (Å²) in [6.45, 7) is 0.379. The second-order valence-corrected chi connectivity index (χ2v) is 8.82. The maximum absolute atomic E-state index is 12.4. The summed E-state index contributed by atoms with van der Waals surface area (Å²) in [6, 6.07) is 0. The number of rotatable bonds is 7. The highest BCUT2D eigenvalue weighted by atomic mass is 16.7. The largest absolute Gasteiger partial charge is 0.469 e. The molecule has 3 saturated carbocycles. The highest BCUT2D eigenvalue weighted by Crippen LogP contribution is 2.55. The van der Waals surface area contributed by atoms with Gasteiger partial charge in [-0.2, -0.15) is 0 Å². The van der Waals surface area contributed by atoms with Gasteiger partial charge >= 0.3 is 11.9 Å². The fourth-order valence-electron chi connectivity index (χ4n) is 6.48. The third-order valence-electron chi connectivity index (χ3n) is 7.68. The lowest BCUT2D eigenvalue weighted by molar-refractivity contribution is -0.156. The molecule has 0 aromatic rings. The normalized spacial score (nSPS) is 37.5. The van der Waals surface area contributed by atoms with Gasteiger partial charge in [-0.3, -0.25) is 9.59 Å². The Labute approximate surface area is 168 Å². The molecule has 0 aromatic carbocycles. The van der Waals surface area contributed by atoms with E-state index in [0.717, 1.165) is 44.4 Å². The van der Waals surface area contributed by atoms with Crippen LogP contribution in [0.5, 0.6) is 0 Å². The van der Waals surface area contributed by atoms with Gasteiger partial charge in [0.25, 0.3) is 0 Å². The van der Waals surface area contributed by atoms with E-state index in [4.69, 9.17) is 18.9 Å². The first-order valence-electron chi connectivity index (χ1n) is 10.8. The van der Waals surface area contributed by atoms with Crippen molar-refractivity contribution >= 4 is 11.9 Å². The first-order valence-corrected chi connectivity index (χ1v) is 10.8. The van der Waals surface area contributed by atoms with Crippen molar-refractivity contribution < 1.29 is 28.5 Å². The van der Waals surface area contributed by atoms with E-state index in [9.17, 15) is 9.59 Å². The Morgan fingerprint density at radius 1 is 0.857 bits per heavy atom. The van der Waals surface area contributed by atoms with Crippen LogP contribution >= 0.6 is 0 Å². The molecule has 0 aromatic heterocycles. The van der Waals surface area contributed by atoms with Crippen molar-refractivity contribution in [1.29, 1.82) is 0 Å². The summed E-state index contributed by atoms with van der Waals surface area (Å²) in [6.07, 6.45) is 9.18. The zero-order valence-corrected chi connectivity index (χ0v) is 17.6. The van der Waals surface area contributed by atoms with Crippen molar-refractivity contribution in [1.82, 2.24) is 0 Å². The molecule has 3 aliphatic rings. The molecule has 0 amide bonds. The molecule has 0 radical (unpaired) electrons. The lowest BCUT2D eigenvalue weighted by atomic mass is 9.52. The van der Waals surface area contributed by atoms with Crippen molar-refractivity contribution in [2.45, 2.75) is 63.9 Å². The molecular weight excluding hydrogens is 360 g/mol. The standard InChI is InChI=1S/C22H36O6/c1-25-13-28-15-5-7-16-14(12-15)4-6-18-17(16)8-9-20(22(24)27-3)19(18)10-11-21(23)26-2/h14-20H,4-13H2,1-3H3/t14-,15+,16+,17-,18-,19+,20?/m1/s1. The van der Waals surface area contributed by atoms with Crippen LogP contribution in [0.3, 0.4) is 0 Å². The van der Waals surface area contributed by atoms with Crippen LogP contribution in [0.15, 0.2) is 0 Å². The summed E-state index contributed by atoms with van der Waals surface area (Å²) in [4.78, 5) is 24.2. The van der Waals surface area contributed by atoms with Gasteiger partial charge in [0.05, 0.1) is 26.2 Å². The highest BCUT2D eigenvalue weighted by molar-refractivity contribution is 5.73. The molecular formula is C22H36O6. The van der Waals surface area contributed by atoms with Crippen molar-refractivity contribution in [3.8, 4) is 0 Å². The monoisotopic (exact) mass is 396 g/mol. The van der Waals surface area contributed by atoms with Gasteiger partial charge in [-0.15, -0.1) is 0 Å². The number of hydrogen-bond donors (Lipinski definition) is 0. The first kappa shape index (κ1) is 21.6. The Morgan fingerprint density at radius 3 is 2.32 bits per heavy atom. The summed E-state index contributed by atoms with van der Waals surface area (Å²) in [7, 11) is 4.58.